The number of carbonyl (C=O) groups is 1. The zero-order valence-electron chi connectivity index (χ0n) is 13.7. The number of halogens is 1. The quantitative estimate of drug-likeness (QED) is 0.626. The van der Waals surface area contributed by atoms with Crippen LogP contribution < -0.4 is 5.43 Å². The first-order valence-corrected chi connectivity index (χ1v) is 9.12. The van der Waals surface area contributed by atoms with Gasteiger partial charge in [-0.15, -0.1) is 0 Å². The van der Waals surface area contributed by atoms with Crippen molar-refractivity contribution in [2.45, 2.75) is 0 Å². The van der Waals surface area contributed by atoms with Crippen LogP contribution in [0.15, 0.2) is 53.5 Å². The fourth-order valence-electron chi connectivity index (χ4n) is 2.64. The van der Waals surface area contributed by atoms with Gasteiger partial charge in [0.25, 0.3) is 5.91 Å². The average Bonchev–Trinajstić information content (AvgIpc) is 3.19. The second-order valence-corrected chi connectivity index (χ2v) is 7.39. The lowest BCUT2D eigenvalue weighted by molar-refractivity contribution is 0.101. The zero-order chi connectivity index (χ0) is 19.0. The molecule has 0 aliphatic carbocycles. The van der Waals surface area contributed by atoms with Crippen LogP contribution in [0.4, 0.5) is 10.1 Å². The van der Waals surface area contributed by atoms with Crippen molar-refractivity contribution in [3.05, 3.63) is 74.3 Å². The van der Waals surface area contributed by atoms with Crippen LogP contribution in [0.3, 0.4) is 0 Å². The van der Waals surface area contributed by atoms with Gasteiger partial charge in [-0.1, -0.05) is 29.5 Å². The molecular weight excluding hydrogens is 385 g/mol. The highest BCUT2D eigenvalue weighted by molar-refractivity contribution is 7.73. The topological polar surface area (TPSA) is 66.6 Å². The van der Waals surface area contributed by atoms with Crippen molar-refractivity contribution in [1.82, 2.24) is 4.68 Å². The highest BCUT2D eigenvalue weighted by atomic mass is 32.1. The summed E-state index contributed by atoms with van der Waals surface area (Å²) >= 11 is 6.41. The van der Waals surface area contributed by atoms with Crippen LogP contribution in [0.1, 0.15) is 20.8 Å². The minimum absolute atomic E-state index is 0.175. The average molecular weight is 397 g/mol. The van der Waals surface area contributed by atoms with Gasteiger partial charge in [-0.2, -0.15) is 4.68 Å². The molecule has 2 aromatic carbocycles. The van der Waals surface area contributed by atoms with Gasteiger partial charge in [0.2, 0.25) is 5.88 Å². The third-order valence-corrected chi connectivity index (χ3v) is 5.29. The highest BCUT2D eigenvalue weighted by Gasteiger charge is 2.17. The van der Waals surface area contributed by atoms with Gasteiger partial charge < -0.3 is 5.11 Å². The van der Waals surface area contributed by atoms with Crippen molar-refractivity contribution < 1.29 is 14.3 Å². The molecule has 0 spiro atoms. The van der Waals surface area contributed by atoms with Gasteiger partial charge in [0.05, 0.1) is 10.6 Å². The van der Waals surface area contributed by atoms with Crippen LogP contribution >= 0.6 is 23.6 Å². The Bertz CT molecular complexity index is 1160. The van der Waals surface area contributed by atoms with Gasteiger partial charge in [-0.05, 0) is 48.6 Å². The molecule has 0 radical (unpaired) electrons. The lowest BCUT2D eigenvalue weighted by Gasteiger charge is -2.07. The zero-order valence-corrected chi connectivity index (χ0v) is 15.4. The van der Waals surface area contributed by atoms with E-state index in [1.165, 1.54) is 24.3 Å². The van der Waals surface area contributed by atoms with Crippen LogP contribution in [-0.2, 0) is 0 Å². The van der Waals surface area contributed by atoms with Crippen molar-refractivity contribution in [3.63, 3.8) is 0 Å². The molecule has 0 bridgehead atoms. The Morgan fingerprint density at radius 3 is 2.74 bits per heavy atom. The van der Waals surface area contributed by atoms with E-state index in [1.807, 2.05) is 24.3 Å². The van der Waals surface area contributed by atoms with E-state index in [-0.39, 0.29) is 15.4 Å². The first-order chi connectivity index (χ1) is 13.0. The van der Waals surface area contributed by atoms with E-state index >= 15 is 0 Å². The number of amides is 1. The summed E-state index contributed by atoms with van der Waals surface area (Å²) in [5, 5.41) is 10.5. The Hall–Kier alpha value is -3.10. The molecule has 0 saturated carbocycles. The molecule has 5 nitrogen and oxygen atoms in total. The summed E-state index contributed by atoms with van der Waals surface area (Å²) in [6.07, 6.45) is 3.49. The van der Waals surface area contributed by atoms with Gasteiger partial charge in [0, 0.05) is 22.9 Å². The third-order valence-electron chi connectivity index (χ3n) is 3.98. The minimum atomic E-state index is -0.508. The number of para-hydroxylation sites is 1. The van der Waals surface area contributed by atoms with Crippen LogP contribution in [0.5, 0.6) is 5.88 Å². The summed E-state index contributed by atoms with van der Waals surface area (Å²) in [4.78, 5) is 17.1. The molecular formula is C19H12FN3O2S2. The summed E-state index contributed by atoms with van der Waals surface area (Å²) in [6.45, 7) is 0. The van der Waals surface area contributed by atoms with Crippen LogP contribution in [-0.4, -0.2) is 21.9 Å². The van der Waals surface area contributed by atoms with Gasteiger partial charge in [0.1, 0.15) is 5.82 Å². The molecule has 27 heavy (non-hydrogen) atoms. The lowest BCUT2D eigenvalue weighted by atomic mass is 10.1. The number of fused-ring (bicyclic) bond motifs is 1. The number of aromatic hydroxyl groups is 1. The fourth-order valence-corrected chi connectivity index (χ4v) is 3.82. The summed E-state index contributed by atoms with van der Waals surface area (Å²) in [6, 6.07) is 12.8. The largest absolute Gasteiger partial charge is 0.492 e. The van der Waals surface area contributed by atoms with E-state index in [2.05, 4.69) is 10.4 Å². The number of carbonyl (C=O) groups excluding carboxylic acids is 1. The summed E-state index contributed by atoms with van der Waals surface area (Å²) in [5.74, 6) is -1.12. The fraction of sp³-hybridized carbons (Fsp3) is 0. The predicted octanol–water partition coefficient (Wildman–Crippen LogP) is 4.76. The van der Waals surface area contributed by atoms with Crippen LogP contribution in [0.25, 0.3) is 11.6 Å². The van der Waals surface area contributed by atoms with Gasteiger partial charge >= 0.3 is 0 Å². The first-order valence-electron chi connectivity index (χ1n) is 7.90. The maximum Gasteiger partial charge on any atom is 0.270 e. The standard InChI is InChI=1S/C19H12FN3O2S2/c20-13-7-5-11(6-8-13)17(24)22-23-18(25)16(27-19(23)26)9-12-10-21-15-4-2-1-3-14(12)15/h1-10,25H,(H,22,24)/b12-9-. The van der Waals surface area contributed by atoms with Crippen LogP contribution in [0, 0.1) is 9.77 Å². The molecule has 1 aromatic heterocycles. The van der Waals surface area contributed by atoms with E-state index in [0.29, 0.717) is 4.88 Å². The Kier molecular flexibility index (Phi) is 4.43. The molecule has 0 saturated heterocycles. The second kappa shape index (κ2) is 6.90. The van der Waals surface area contributed by atoms with E-state index in [0.717, 1.165) is 32.8 Å². The molecule has 1 amide bonds. The number of hydrogen-bond donors (Lipinski definition) is 2. The van der Waals surface area contributed by atoms with E-state index in [1.54, 1.807) is 12.3 Å². The maximum atomic E-state index is 13.0. The number of nitrogens with zero attached hydrogens (tertiary/aromatic N) is 2. The molecule has 0 unspecified atom stereocenters. The predicted molar refractivity (Wildman–Crippen MR) is 107 cm³/mol. The molecule has 2 heterocycles. The van der Waals surface area contributed by atoms with Crippen molar-refractivity contribution in [3.8, 4) is 5.88 Å². The Morgan fingerprint density at radius 2 is 1.96 bits per heavy atom. The number of hydrogen-bond acceptors (Lipinski definition) is 5. The Labute approximate surface area is 162 Å². The number of allylic oxidation sites excluding steroid dienone is 1. The SMILES string of the molecule is O=C(Nn1c(O)c(/C=C2/C=Nc3ccccc32)sc1=S)c1ccc(F)cc1. The first kappa shape index (κ1) is 17.3. The Morgan fingerprint density at radius 1 is 1.22 bits per heavy atom. The van der Waals surface area contributed by atoms with Crippen molar-refractivity contribution >= 4 is 53.0 Å². The lowest BCUT2D eigenvalue weighted by Crippen LogP contribution is -2.22. The van der Waals surface area contributed by atoms with Crippen LogP contribution in [0.2, 0.25) is 0 Å². The number of thiazole rings is 1. The molecule has 1 aliphatic rings. The van der Waals surface area contributed by atoms with E-state index in [9.17, 15) is 14.3 Å². The number of rotatable bonds is 3. The normalized spacial score (nSPS) is 13.7. The molecule has 8 heteroatoms. The van der Waals surface area contributed by atoms with Gasteiger partial charge in [-0.25, -0.2) is 4.39 Å². The third kappa shape index (κ3) is 3.32. The highest BCUT2D eigenvalue weighted by Crippen LogP contribution is 2.35. The van der Waals surface area contributed by atoms with Gasteiger partial charge in [0.15, 0.2) is 3.95 Å². The van der Waals surface area contributed by atoms with Crippen molar-refractivity contribution in [2.24, 2.45) is 4.99 Å². The number of nitrogens with one attached hydrogen (secondary N) is 1. The van der Waals surface area contributed by atoms with Crippen molar-refractivity contribution in [1.29, 1.82) is 0 Å². The minimum Gasteiger partial charge on any atom is -0.492 e. The molecule has 3 aromatic rings. The van der Waals surface area contributed by atoms with E-state index in [4.69, 9.17) is 12.2 Å². The molecule has 4 rings (SSSR count). The van der Waals surface area contributed by atoms with E-state index < -0.39 is 11.7 Å². The Balaban J connectivity index is 1.64. The number of aromatic nitrogens is 1. The smallest absolute Gasteiger partial charge is 0.270 e. The molecule has 2 N–H and O–H groups in total. The summed E-state index contributed by atoms with van der Waals surface area (Å²) in [5.41, 5.74) is 5.43. The molecule has 0 fully saturated rings. The van der Waals surface area contributed by atoms with Crippen molar-refractivity contribution in [2.75, 3.05) is 5.43 Å². The number of aliphatic imine (C=N–C) groups is 1. The summed E-state index contributed by atoms with van der Waals surface area (Å²) in [7, 11) is 0. The van der Waals surface area contributed by atoms with Gasteiger partial charge in [-0.3, -0.25) is 15.2 Å². The molecule has 134 valence electrons. The monoisotopic (exact) mass is 397 g/mol. The molecule has 1 aliphatic heterocycles. The number of benzene rings is 2. The second-order valence-electron chi connectivity index (χ2n) is 5.71. The molecule has 0 atom stereocenters. The maximum absolute atomic E-state index is 13.0. The summed E-state index contributed by atoms with van der Waals surface area (Å²) < 4.78 is 14.4.